The van der Waals surface area contributed by atoms with Gasteiger partial charge in [-0.1, -0.05) is 22.0 Å². The van der Waals surface area contributed by atoms with Crippen molar-refractivity contribution in [2.24, 2.45) is 4.99 Å². The molecule has 0 saturated carbocycles. The first-order chi connectivity index (χ1) is 16.0. The molecular weight excluding hydrogens is 504 g/mol. The molecule has 4 rings (SSSR count). The van der Waals surface area contributed by atoms with E-state index < -0.39 is 0 Å². The molecule has 2 aromatic carbocycles. The third-order valence-corrected chi connectivity index (χ3v) is 6.66. The summed E-state index contributed by atoms with van der Waals surface area (Å²) in [5.41, 5.74) is 2.85. The molecule has 0 aliphatic carbocycles. The molecule has 1 amide bonds. The molecule has 1 fully saturated rings. The van der Waals surface area contributed by atoms with Gasteiger partial charge in [0.05, 0.1) is 30.9 Å². The van der Waals surface area contributed by atoms with Gasteiger partial charge in [0.1, 0.15) is 17.3 Å². The summed E-state index contributed by atoms with van der Waals surface area (Å²) >= 11 is 4.91. The Morgan fingerprint density at radius 2 is 1.91 bits per heavy atom. The van der Waals surface area contributed by atoms with Gasteiger partial charge in [-0.15, -0.1) is 0 Å². The van der Waals surface area contributed by atoms with Crippen molar-refractivity contribution < 1.29 is 18.7 Å². The number of aryl methyl sites for hydroxylation is 1. The van der Waals surface area contributed by atoms with Gasteiger partial charge >= 0.3 is 0 Å². The number of halogens is 1. The molecule has 0 radical (unpaired) electrons. The highest BCUT2D eigenvalue weighted by atomic mass is 79.9. The van der Waals surface area contributed by atoms with Gasteiger partial charge in [0.15, 0.2) is 5.17 Å². The van der Waals surface area contributed by atoms with Crippen molar-refractivity contribution in [1.82, 2.24) is 4.90 Å². The van der Waals surface area contributed by atoms with Crippen LogP contribution in [0.15, 0.2) is 73.4 Å². The SMILES string of the molecule is COCCN1C(=O)/C(=C/c2ccc(-c3ccc(C)cc3Br)o2)SC1=Nc1ccc(OC)cc1. The average molecular weight is 527 g/mol. The molecule has 1 aliphatic heterocycles. The minimum absolute atomic E-state index is 0.126. The summed E-state index contributed by atoms with van der Waals surface area (Å²) in [4.78, 5) is 20.0. The van der Waals surface area contributed by atoms with Crippen LogP contribution in [-0.2, 0) is 9.53 Å². The van der Waals surface area contributed by atoms with Gasteiger partial charge in [0.25, 0.3) is 5.91 Å². The van der Waals surface area contributed by atoms with Crippen LogP contribution in [0.4, 0.5) is 5.69 Å². The van der Waals surface area contributed by atoms with Gasteiger partial charge in [0, 0.05) is 23.2 Å². The number of rotatable bonds is 7. The number of aliphatic imine (C=N–C) groups is 1. The molecule has 1 saturated heterocycles. The molecule has 0 atom stereocenters. The highest BCUT2D eigenvalue weighted by Gasteiger charge is 2.33. The van der Waals surface area contributed by atoms with E-state index in [9.17, 15) is 4.79 Å². The van der Waals surface area contributed by atoms with Crippen LogP contribution in [0.5, 0.6) is 5.75 Å². The van der Waals surface area contributed by atoms with E-state index in [1.807, 2.05) is 61.5 Å². The normalized spacial score (nSPS) is 16.2. The standard InChI is InChI=1S/C25H23BrN2O4S/c1-16-4-10-20(21(26)14-16)22-11-9-19(32-22)15-23-24(29)28(12-13-30-2)25(33-23)27-17-5-7-18(31-3)8-6-17/h4-11,14-15H,12-13H2,1-3H3/b23-15-,27-25?. The number of nitrogens with zero attached hydrogens (tertiary/aromatic N) is 2. The van der Waals surface area contributed by atoms with Crippen LogP contribution in [0.25, 0.3) is 17.4 Å². The maximum absolute atomic E-state index is 13.1. The highest BCUT2D eigenvalue weighted by Crippen LogP contribution is 2.36. The monoisotopic (exact) mass is 526 g/mol. The Balaban J connectivity index is 1.61. The second-order valence-corrected chi connectivity index (χ2v) is 9.20. The van der Waals surface area contributed by atoms with Crippen LogP contribution in [0.1, 0.15) is 11.3 Å². The quantitative estimate of drug-likeness (QED) is 0.339. The number of hydrogen-bond donors (Lipinski definition) is 0. The number of carbonyl (C=O) groups excluding carboxylic acids is 1. The van der Waals surface area contributed by atoms with Crippen LogP contribution < -0.4 is 4.74 Å². The third-order valence-electron chi connectivity index (χ3n) is 4.99. The fourth-order valence-corrected chi connectivity index (χ4v) is 4.96. The fourth-order valence-electron chi connectivity index (χ4n) is 3.26. The summed E-state index contributed by atoms with van der Waals surface area (Å²) in [6, 6.07) is 17.2. The number of benzene rings is 2. The van der Waals surface area contributed by atoms with E-state index in [1.165, 1.54) is 11.8 Å². The van der Waals surface area contributed by atoms with E-state index in [4.69, 9.17) is 13.9 Å². The third kappa shape index (κ3) is 5.40. The number of methoxy groups -OCH3 is 2. The van der Waals surface area contributed by atoms with Crippen LogP contribution >= 0.6 is 27.7 Å². The van der Waals surface area contributed by atoms with E-state index in [0.717, 1.165) is 32.8 Å². The molecule has 3 aromatic rings. The second kappa shape index (κ2) is 10.4. The largest absolute Gasteiger partial charge is 0.497 e. The lowest BCUT2D eigenvalue weighted by molar-refractivity contribution is -0.122. The Morgan fingerprint density at radius 3 is 2.61 bits per heavy atom. The first-order valence-electron chi connectivity index (χ1n) is 10.3. The number of amidine groups is 1. The van der Waals surface area contributed by atoms with Crippen molar-refractivity contribution in [1.29, 1.82) is 0 Å². The van der Waals surface area contributed by atoms with Crippen molar-refractivity contribution in [3.63, 3.8) is 0 Å². The Bertz CT molecular complexity index is 1220. The molecule has 2 heterocycles. The van der Waals surface area contributed by atoms with E-state index in [1.54, 1.807) is 25.2 Å². The van der Waals surface area contributed by atoms with Gasteiger partial charge in [-0.05, 0) is 72.8 Å². The van der Waals surface area contributed by atoms with Gasteiger partial charge < -0.3 is 13.9 Å². The number of ether oxygens (including phenoxy) is 2. The predicted molar refractivity (Wildman–Crippen MR) is 136 cm³/mol. The second-order valence-electron chi connectivity index (χ2n) is 7.34. The zero-order valence-electron chi connectivity index (χ0n) is 18.5. The number of thioether (sulfide) groups is 1. The van der Waals surface area contributed by atoms with Crippen molar-refractivity contribution in [3.05, 3.63) is 75.3 Å². The molecule has 0 unspecified atom stereocenters. The summed E-state index contributed by atoms with van der Waals surface area (Å²) in [5.74, 6) is 1.96. The van der Waals surface area contributed by atoms with Crippen molar-refractivity contribution in [2.45, 2.75) is 6.92 Å². The van der Waals surface area contributed by atoms with E-state index >= 15 is 0 Å². The van der Waals surface area contributed by atoms with Crippen LogP contribution in [0.3, 0.4) is 0 Å². The Kier molecular flexibility index (Phi) is 7.37. The lowest BCUT2D eigenvalue weighted by Gasteiger charge is -2.14. The summed E-state index contributed by atoms with van der Waals surface area (Å²) in [6.07, 6.45) is 1.76. The Labute approximate surface area is 205 Å². The lowest BCUT2D eigenvalue weighted by atomic mass is 10.1. The topological polar surface area (TPSA) is 64.3 Å². The molecule has 6 nitrogen and oxygen atoms in total. The molecule has 170 valence electrons. The van der Waals surface area contributed by atoms with Crippen LogP contribution in [0.2, 0.25) is 0 Å². The number of carbonyl (C=O) groups is 1. The van der Waals surface area contributed by atoms with Gasteiger partial charge in [0.2, 0.25) is 0 Å². The van der Waals surface area contributed by atoms with E-state index in [-0.39, 0.29) is 5.91 Å². The number of amides is 1. The van der Waals surface area contributed by atoms with Gasteiger partial charge in [-0.25, -0.2) is 4.99 Å². The minimum Gasteiger partial charge on any atom is -0.497 e. The van der Waals surface area contributed by atoms with Crippen molar-refractivity contribution >= 4 is 50.5 Å². The summed E-state index contributed by atoms with van der Waals surface area (Å²) < 4.78 is 17.4. The first-order valence-corrected chi connectivity index (χ1v) is 11.9. The minimum atomic E-state index is -0.126. The van der Waals surface area contributed by atoms with Crippen LogP contribution in [-0.4, -0.2) is 43.3 Å². The molecule has 1 aromatic heterocycles. The zero-order valence-corrected chi connectivity index (χ0v) is 20.9. The summed E-state index contributed by atoms with van der Waals surface area (Å²) in [6.45, 7) is 2.86. The number of hydrogen-bond acceptors (Lipinski definition) is 6. The smallest absolute Gasteiger partial charge is 0.266 e. The summed E-state index contributed by atoms with van der Waals surface area (Å²) in [5, 5.41) is 0.599. The summed E-state index contributed by atoms with van der Waals surface area (Å²) in [7, 11) is 3.23. The van der Waals surface area contributed by atoms with Gasteiger partial charge in [-0.3, -0.25) is 9.69 Å². The van der Waals surface area contributed by atoms with Crippen molar-refractivity contribution in [2.75, 3.05) is 27.4 Å². The highest BCUT2D eigenvalue weighted by molar-refractivity contribution is 9.10. The Hall–Kier alpha value is -2.81. The molecule has 0 N–H and O–H groups in total. The lowest BCUT2D eigenvalue weighted by Crippen LogP contribution is -2.32. The fraction of sp³-hybridized carbons (Fsp3) is 0.200. The predicted octanol–water partition coefficient (Wildman–Crippen LogP) is 6.28. The van der Waals surface area contributed by atoms with E-state index in [2.05, 4.69) is 20.9 Å². The van der Waals surface area contributed by atoms with Crippen molar-refractivity contribution in [3.8, 4) is 17.1 Å². The first kappa shape index (κ1) is 23.4. The Morgan fingerprint density at radius 1 is 1.12 bits per heavy atom. The van der Waals surface area contributed by atoms with Gasteiger partial charge in [-0.2, -0.15) is 0 Å². The molecular formula is C25H23BrN2O4S. The molecule has 1 aliphatic rings. The maximum Gasteiger partial charge on any atom is 0.266 e. The van der Waals surface area contributed by atoms with E-state index in [0.29, 0.717) is 29.0 Å². The zero-order chi connectivity index (χ0) is 23.4. The molecule has 0 spiro atoms. The molecule has 0 bridgehead atoms. The van der Waals surface area contributed by atoms with Crippen LogP contribution in [0, 0.1) is 6.92 Å². The molecule has 8 heteroatoms. The average Bonchev–Trinajstić information content (AvgIpc) is 3.38. The molecule has 33 heavy (non-hydrogen) atoms. The number of furan rings is 1. The maximum atomic E-state index is 13.1.